The second-order valence-electron chi connectivity index (χ2n) is 4.37. The number of nitrogens with one attached hydrogen (secondary N) is 1. The molecule has 1 fully saturated rings. The minimum absolute atomic E-state index is 0.711. The quantitative estimate of drug-likeness (QED) is 0.884. The number of halogens is 1. The zero-order valence-corrected chi connectivity index (χ0v) is 10.8. The molecule has 0 bridgehead atoms. The summed E-state index contributed by atoms with van der Waals surface area (Å²) in [6.07, 6.45) is 2.63. The molecule has 2 heteroatoms. The van der Waals surface area contributed by atoms with E-state index in [1.54, 1.807) is 0 Å². The molecular weight excluding hydrogens is 250 g/mol. The molecule has 1 nitrogen and oxygen atoms in total. The maximum atomic E-state index is 3.55. The molecule has 2 rings (SSSR count). The van der Waals surface area contributed by atoms with Gasteiger partial charge in [-0.3, -0.25) is 0 Å². The molecule has 1 N–H and O–H groups in total. The Morgan fingerprint density at radius 1 is 1.40 bits per heavy atom. The average Bonchev–Trinajstić information content (AvgIpc) is 2.66. The van der Waals surface area contributed by atoms with Crippen molar-refractivity contribution in [3.8, 4) is 0 Å². The van der Waals surface area contributed by atoms with E-state index in [1.165, 1.54) is 29.4 Å². The van der Waals surface area contributed by atoms with Gasteiger partial charge in [0.2, 0.25) is 0 Å². The van der Waals surface area contributed by atoms with E-state index in [4.69, 9.17) is 0 Å². The van der Waals surface area contributed by atoms with Gasteiger partial charge in [0.1, 0.15) is 0 Å². The lowest BCUT2D eigenvalue weighted by Crippen LogP contribution is -2.10. The molecule has 1 aliphatic rings. The van der Waals surface area contributed by atoms with Crippen molar-refractivity contribution in [2.75, 3.05) is 13.1 Å². The van der Waals surface area contributed by atoms with Crippen molar-refractivity contribution in [1.29, 1.82) is 0 Å². The summed E-state index contributed by atoms with van der Waals surface area (Å²) in [5.41, 5.74) is 1.48. The summed E-state index contributed by atoms with van der Waals surface area (Å²) < 4.78 is 1.20. The molecule has 1 saturated heterocycles. The van der Waals surface area contributed by atoms with Crippen LogP contribution >= 0.6 is 15.9 Å². The smallest absolute Gasteiger partial charge is 0.0178 e. The molecule has 0 aromatic heterocycles. The molecule has 0 saturated carbocycles. The SMILES string of the molecule is CCC[C@H]1CNC[C@@H]1c1cccc(Br)c1. The second-order valence-corrected chi connectivity index (χ2v) is 5.28. The summed E-state index contributed by atoms with van der Waals surface area (Å²) in [6, 6.07) is 8.76. The van der Waals surface area contributed by atoms with E-state index in [0.717, 1.165) is 12.5 Å². The highest BCUT2D eigenvalue weighted by atomic mass is 79.9. The van der Waals surface area contributed by atoms with Crippen molar-refractivity contribution in [1.82, 2.24) is 5.32 Å². The van der Waals surface area contributed by atoms with Crippen LogP contribution in [-0.4, -0.2) is 13.1 Å². The number of rotatable bonds is 3. The third kappa shape index (κ3) is 2.61. The van der Waals surface area contributed by atoms with E-state index in [9.17, 15) is 0 Å². The first-order chi connectivity index (χ1) is 7.31. The van der Waals surface area contributed by atoms with Crippen molar-refractivity contribution in [2.45, 2.75) is 25.7 Å². The predicted octanol–water partition coefficient (Wildman–Crippen LogP) is 3.55. The molecule has 1 aromatic rings. The van der Waals surface area contributed by atoms with Gasteiger partial charge in [-0.1, -0.05) is 41.4 Å². The number of benzene rings is 1. The Labute approximate surface area is 100 Å². The lowest BCUT2D eigenvalue weighted by atomic mass is 9.86. The van der Waals surface area contributed by atoms with Crippen molar-refractivity contribution in [3.63, 3.8) is 0 Å². The van der Waals surface area contributed by atoms with E-state index in [1.807, 2.05) is 0 Å². The number of hydrogen-bond donors (Lipinski definition) is 1. The van der Waals surface area contributed by atoms with E-state index < -0.39 is 0 Å². The molecule has 0 unspecified atom stereocenters. The van der Waals surface area contributed by atoms with Gasteiger partial charge < -0.3 is 5.32 Å². The van der Waals surface area contributed by atoms with Crippen molar-refractivity contribution in [2.24, 2.45) is 5.92 Å². The first-order valence-corrected chi connectivity index (χ1v) is 6.56. The first kappa shape index (κ1) is 11.2. The van der Waals surface area contributed by atoms with Gasteiger partial charge in [0, 0.05) is 16.9 Å². The molecule has 0 spiro atoms. The van der Waals surface area contributed by atoms with Gasteiger partial charge in [-0.05, 0) is 36.6 Å². The number of hydrogen-bond acceptors (Lipinski definition) is 1. The summed E-state index contributed by atoms with van der Waals surface area (Å²) >= 11 is 3.55. The summed E-state index contributed by atoms with van der Waals surface area (Å²) in [5.74, 6) is 1.53. The molecule has 82 valence electrons. The van der Waals surface area contributed by atoms with Gasteiger partial charge in [-0.25, -0.2) is 0 Å². The van der Waals surface area contributed by atoms with Gasteiger partial charge in [-0.2, -0.15) is 0 Å². The molecule has 1 aromatic carbocycles. The summed E-state index contributed by atoms with van der Waals surface area (Å²) in [6.45, 7) is 4.60. The van der Waals surface area contributed by atoms with Crippen LogP contribution in [-0.2, 0) is 0 Å². The molecule has 15 heavy (non-hydrogen) atoms. The Morgan fingerprint density at radius 2 is 2.27 bits per heavy atom. The normalized spacial score (nSPS) is 25.7. The Kier molecular flexibility index (Phi) is 3.81. The van der Waals surface area contributed by atoms with E-state index in [0.29, 0.717) is 5.92 Å². The highest BCUT2D eigenvalue weighted by molar-refractivity contribution is 9.10. The highest BCUT2D eigenvalue weighted by Crippen LogP contribution is 2.32. The predicted molar refractivity (Wildman–Crippen MR) is 68.2 cm³/mol. The van der Waals surface area contributed by atoms with Crippen molar-refractivity contribution >= 4 is 15.9 Å². The molecule has 0 amide bonds. The van der Waals surface area contributed by atoms with Crippen LogP contribution in [0.4, 0.5) is 0 Å². The van der Waals surface area contributed by atoms with Crippen LogP contribution in [0.25, 0.3) is 0 Å². The molecule has 1 aliphatic heterocycles. The van der Waals surface area contributed by atoms with Gasteiger partial charge in [0.15, 0.2) is 0 Å². The molecular formula is C13H18BrN. The zero-order chi connectivity index (χ0) is 10.7. The van der Waals surface area contributed by atoms with Gasteiger partial charge >= 0.3 is 0 Å². The van der Waals surface area contributed by atoms with Crippen molar-refractivity contribution in [3.05, 3.63) is 34.3 Å². The minimum Gasteiger partial charge on any atom is -0.316 e. The van der Waals surface area contributed by atoms with Gasteiger partial charge in [-0.15, -0.1) is 0 Å². The first-order valence-electron chi connectivity index (χ1n) is 5.77. The van der Waals surface area contributed by atoms with Gasteiger partial charge in [0.05, 0.1) is 0 Å². The van der Waals surface area contributed by atoms with Crippen LogP contribution in [0.15, 0.2) is 28.7 Å². The highest BCUT2D eigenvalue weighted by Gasteiger charge is 2.27. The van der Waals surface area contributed by atoms with E-state index in [-0.39, 0.29) is 0 Å². The van der Waals surface area contributed by atoms with Crippen LogP contribution in [0.2, 0.25) is 0 Å². The monoisotopic (exact) mass is 267 g/mol. The Bertz CT molecular complexity index is 324. The van der Waals surface area contributed by atoms with Crippen LogP contribution in [0, 0.1) is 5.92 Å². The van der Waals surface area contributed by atoms with E-state index in [2.05, 4.69) is 52.4 Å². The lowest BCUT2D eigenvalue weighted by molar-refractivity contribution is 0.473. The Morgan fingerprint density at radius 3 is 3.00 bits per heavy atom. The van der Waals surface area contributed by atoms with Crippen LogP contribution in [0.3, 0.4) is 0 Å². The maximum absolute atomic E-state index is 3.55. The standard InChI is InChI=1S/C13H18BrN/c1-2-4-11-8-15-9-13(11)10-5-3-6-12(14)7-10/h3,5-7,11,13,15H,2,4,8-9H2,1H3/t11-,13+/m0/s1. The topological polar surface area (TPSA) is 12.0 Å². The van der Waals surface area contributed by atoms with Crippen LogP contribution in [0.5, 0.6) is 0 Å². The molecule has 1 heterocycles. The fourth-order valence-electron chi connectivity index (χ4n) is 2.53. The Balaban J connectivity index is 2.15. The van der Waals surface area contributed by atoms with Crippen LogP contribution < -0.4 is 5.32 Å². The third-order valence-electron chi connectivity index (χ3n) is 3.28. The zero-order valence-electron chi connectivity index (χ0n) is 9.17. The van der Waals surface area contributed by atoms with Crippen LogP contribution in [0.1, 0.15) is 31.2 Å². The van der Waals surface area contributed by atoms with E-state index >= 15 is 0 Å². The Hall–Kier alpha value is -0.340. The summed E-state index contributed by atoms with van der Waals surface area (Å²) in [4.78, 5) is 0. The fourth-order valence-corrected chi connectivity index (χ4v) is 2.95. The lowest BCUT2D eigenvalue weighted by Gasteiger charge is -2.18. The summed E-state index contributed by atoms with van der Waals surface area (Å²) in [7, 11) is 0. The summed E-state index contributed by atoms with van der Waals surface area (Å²) in [5, 5.41) is 3.51. The third-order valence-corrected chi connectivity index (χ3v) is 3.77. The fraction of sp³-hybridized carbons (Fsp3) is 0.538. The average molecular weight is 268 g/mol. The second kappa shape index (κ2) is 5.13. The maximum Gasteiger partial charge on any atom is 0.0178 e. The molecule has 2 atom stereocenters. The molecule has 0 aliphatic carbocycles. The minimum atomic E-state index is 0.711. The van der Waals surface area contributed by atoms with Crippen molar-refractivity contribution < 1.29 is 0 Å². The molecule has 0 radical (unpaired) electrons. The largest absolute Gasteiger partial charge is 0.316 e. The van der Waals surface area contributed by atoms with Gasteiger partial charge in [0.25, 0.3) is 0 Å².